The van der Waals surface area contributed by atoms with E-state index in [1.807, 2.05) is 6.92 Å². The van der Waals surface area contributed by atoms with E-state index in [4.69, 9.17) is 9.47 Å². The highest BCUT2D eigenvalue weighted by molar-refractivity contribution is 6.02. The van der Waals surface area contributed by atoms with Crippen LogP contribution in [0.5, 0.6) is 0 Å². The summed E-state index contributed by atoms with van der Waals surface area (Å²) in [6, 6.07) is 0. The zero-order chi connectivity index (χ0) is 16.8. The molecule has 0 heterocycles. The Morgan fingerprint density at radius 3 is 1.91 bits per heavy atom. The van der Waals surface area contributed by atoms with Gasteiger partial charge in [0.15, 0.2) is 5.41 Å². The summed E-state index contributed by atoms with van der Waals surface area (Å²) < 4.78 is 10.2. The molecule has 1 aliphatic carbocycles. The Bertz CT molecular complexity index is 436. The van der Waals surface area contributed by atoms with E-state index in [0.717, 1.165) is 6.42 Å². The SMILES string of the molecule is CCCCC(C(=O)OCC)(C(=O)OCC)[C@H]1C=C[C@H]1C(=O)O. The summed E-state index contributed by atoms with van der Waals surface area (Å²) in [4.78, 5) is 36.4. The van der Waals surface area contributed by atoms with Crippen LogP contribution >= 0.6 is 0 Å². The molecule has 0 unspecified atom stereocenters. The maximum absolute atomic E-state index is 12.5. The molecule has 22 heavy (non-hydrogen) atoms. The van der Waals surface area contributed by atoms with E-state index in [-0.39, 0.29) is 19.6 Å². The van der Waals surface area contributed by atoms with Crippen molar-refractivity contribution in [3.63, 3.8) is 0 Å². The van der Waals surface area contributed by atoms with Crippen molar-refractivity contribution in [3.05, 3.63) is 12.2 Å². The molecule has 1 N–H and O–H groups in total. The largest absolute Gasteiger partial charge is 0.481 e. The molecule has 124 valence electrons. The molecule has 0 saturated carbocycles. The van der Waals surface area contributed by atoms with Gasteiger partial charge in [-0.05, 0) is 20.3 Å². The van der Waals surface area contributed by atoms with E-state index < -0.39 is 35.2 Å². The molecule has 0 bridgehead atoms. The van der Waals surface area contributed by atoms with Crippen LogP contribution in [0.4, 0.5) is 0 Å². The first-order valence-electron chi connectivity index (χ1n) is 7.71. The zero-order valence-electron chi connectivity index (χ0n) is 13.3. The van der Waals surface area contributed by atoms with Crippen molar-refractivity contribution in [2.24, 2.45) is 17.3 Å². The van der Waals surface area contributed by atoms with Crippen molar-refractivity contribution in [2.75, 3.05) is 13.2 Å². The number of carbonyl (C=O) groups excluding carboxylic acids is 2. The molecule has 0 aromatic carbocycles. The quantitative estimate of drug-likeness (QED) is 0.399. The van der Waals surface area contributed by atoms with Crippen molar-refractivity contribution < 1.29 is 29.0 Å². The maximum atomic E-state index is 12.5. The Kier molecular flexibility index (Phi) is 6.59. The van der Waals surface area contributed by atoms with Crippen LogP contribution in [-0.4, -0.2) is 36.2 Å². The maximum Gasteiger partial charge on any atom is 0.324 e. The van der Waals surface area contributed by atoms with Crippen LogP contribution < -0.4 is 0 Å². The van der Waals surface area contributed by atoms with Crippen molar-refractivity contribution >= 4 is 17.9 Å². The highest BCUT2D eigenvalue weighted by Gasteiger charge is 2.58. The van der Waals surface area contributed by atoms with Gasteiger partial charge in [-0.25, -0.2) is 0 Å². The lowest BCUT2D eigenvalue weighted by Gasteiger charge is -2.40. The molecule has 1 aliphatic rings. The molecule has 0 aliphatic heterocycles. The van der Waals surface area contributed by atoms with Gasteiger partial charge in [0.25, 0.3) is 0 Å². The Balaban J connectivity index is 3.24. The number of hydrogen-bond acceptors (Lipinski definition) is 5. The fourth-order valence-electron chi connectivity index (χ4n) is 2.74. The average molecular weight is 312 g/mol. The molecule has 0 aromatic heterocycles. The molecule has 2 atom stereocenters. The summed E-state index contributed by atoms with van der Waals surface area (Å²) in [5, 5.41) is 9.26. The van der Waals surface area contributed by atoms with Crippen molar-refractivity contribution in [2.45, 2.75) is 40.0 Å². The normalized spacial score (nSPS) is 20.1. The minimum atomic E-state index is -1.57. The first kappa shape index (κ1) is 18.2. The van der Waals surface area contributed by atoms with Gasteiger partial charge in [-0.3, -0.25) is 14.4 Å². The standard InChI is InChI=1S/C16H24O6/c1-4-7-10-16(14(19)21-5-2,15(20)22-6-3)12-9-8-11(12)13(17)18/h8-9,11-12H,4-7,10H2,1-3H3,(H,17,18)/t11-,12+/m1/s1. The monoisotopic (exact) mass is 312 g/mol. The molecular formula is C16H24O6. The average Bonchev–Trinajstić information content (AvgIpc) is 2.41. The smallest absolute Gasteiger partial charge is 0.324 e. The second-order valence-electron chi connectivity index (χ2n) is 5.29. The van der Waals surface area contributed by atoms with Crippen LogP contribution in [-0.2, 0) is 23.9 Å². The van der Waals surface area contributed by atoms with Gasteiger partial charge in [-0.2, -0.15) is 0 Å². The molecular weight excluding hydrogens is 288 g/mol. The number of carbonyl (C=O) groups is 3. The lowest BCUT2D eigenvalue weighted by Crippen LogP contribution is -2.52. The molecule has 6 nitrogen and oxygen atoms in total. The molecule has 0 spiro atoms. The van der Waals surface area contributed by atoms with Crippen LogP contribution in [0.3, 0.4) is 0 Å². The first-order chi connectivity index (χ1) is 10.4. The number of aliphatic carboxylic acids is 1. The van der Waals surface area contributed by atoms with Gasteiger partial charge in [0, 0.05) is 5.92 Å². The second kappa shape index (κ2) is 7.96. The number of hydrogen-bond donors (Lipinski definition) is 1. The number of rotatable bonds is 9. The van der Waals surface area contributed by atoms with E-state index in [1.54, 1.807) is 19.9 Å². The third-order valence-corrected chi connectivity index (χ3v) is 3.97. The Morgan fingerprint density at radius 2 is 1.59 bits per heavy atom. The molecule has 0 aromatic rings. The highest BCUT2D eigenvalue weighted by atomic mass is 16.6. The van der Waals surface area contributed by atoms with E-state index in [0.29, 0.717) is 6.42 Å². The van der Waals surface area contributed by atoms with Gasteiger partial charge < -0.3 is 14.6 Å². The first-order valence-corrected chi connectivity index (χ1v) is 7.71. The van der Waals surface area contributed by atoms with Crippen LogP contribution in [0.2, 0.25) is 0 Å². The topological polar surface area (TPSA) is 89.9 Å². The van der Waals surface area contributed by atoms with E-state index in [9.17, 15) is 19.5 Å². The summed E-state index contributed by atoms with van der Waals surface area (Å²) in [6.07, 6.45) is 4.69. The van der Waals surface area contributed by atoms with Crippen LogP contribution in [0.25, 0.3) is 0 Å². The summed E-state index contributed by atoms with van der Waals surface area (Å²) in [6.45, 7) is 5.49. The van der Waals surface area contributed by atoms with E-state index in [2.05, 4.69) is 0 Å². The minimum absolute atomic E-state index is 0.125. The second-order valence-corrected chi connectivity index (χ2v) is 5.29. The van der Waals surface area contributed by atoms with Crippen molar-refractivity contribution in [1.29, 1.82) is 0 Å². The van der Waals surface area contributed by atoms with Gasteiger partial charge >= 0.3 is 17.9 Å². The van der Waals surface area contributed by atoms with Crippen molar-refractivity contribution in [3.8, 4) is 0 Å². The summed E-state index contributed by atoms with van der Waals surface area (Å²) in [5.74, 6) is -4.03. The number of carboxylic acid groups (broad SMARTS) is 1. The summed E-state index contributed by atoms with van der Waals surface area (Å²) >= 11 is 0. The number of unbranched alkanes of at least 4 members (excludes halogenated alkanes) is 1. The Labute approximate surface area is 130 Å². The Morgan fingerprint density at radius 1 is 1.05 bits per heavy atom. The minimum Gasteiger partial charge on any atom is -0.481 e. The van der Waals surface area contributed by atoms with Gasteiger partial charge in [0.1, 0.15) is 0 Å². The van der Waals surface area contributed by atoms with E-state index in [1.165, 1.54) is 6.08 Å². The highest BCUT2D eigenvalue weighted by Crippen LogP contribution is 2.46. The van der Waals surface area contributed by atoms with E-state index >= 15 is 0 Å². The third kappa shape index (κ3) is 3.31. The summed E-state index contributed by atoms with van der Waals surface area (Å²) in [7, 11) is 0. The molecule has 0 saturated heterocycles. The number of allylic oxidation sites excluding steroid dienone is 1. The van der Waals surface area contributed by atoms with Crippen LogP contribution in [0.15, 0.2) is 12.2 Å². The molecule has 1 rings (SSSR count). The molecule has 0 fully saturated rings. The van der Waals surface area contributed by atoms with Crippen molar-refractivity contribution in [1.82, 2.24) is 0 Å². The lowest BCUT2D eigenvalue weighted by atomic mass is 9.61. The lowest BCUT2D eigenvalue weighted by molar-refractivity contribution is -0.179. The zero-order valence-corrected chi connectivity index (χ0v) is 13.3. The predicted octanol–water partition coefficient (Wildman–Crippen LogP) is 2.18. The predicted molar refractivity (Wildman–Crippen MR) is 79.0 cm³/mol. The van der Waals surface area contributed by atoms with Gasteiger partial charge in [-0.15, -0.1) is 0 Å². The molecule has 0 amide bonds. The van der Waals surface area contributed by atoms with Gasteiger partial charge in [0.2, 0.25) is 0 Å². The number of esters is 2. The van der Waals surface area contributed by atoms with Crippen LogP contribution in [0, 0.1) is 17.3 Å². The van der Waals surface area contributed by atoms with Gasteiger partial charge in [0.05, 0.1) is 19.1 Å². The van der Waals surface area contributed by atoms with Gasteiger partial charge in [-0.1, -0.05) is 31.9 Å². The molecule has 6 heteroatoms. The molecule has 0 radical (unpaired) electrons. The number of ether oxygens (including phenoxy) is 2. The summed E-state index contributed by atoms with van der Waals surface area (Å²) in [5.41, 5.74) is -1.57. The number of carboxylic acids is 1. The fourth-order valence-corrected chi connectivity index (χ4v) is 2.74. The fraction of sp³-hybridized carbons (Fsp3) is 0.688. The Hall–Kier alpha value is -1.85. The van der Waals surface area contributed by atoms with Crippen LogP contribution in [0.1, 0.15) is 40.0 Å². The third-order valence-electron chi connectivity index (χ3n) is 3.97.